The first-order valence-corrected chi connectivity index (χ1v) is 7.16. The predicted octanol–water partition coefficient (Wildman–Crippen LogP) is 3.83. The highest BCUT2D eigenvalue weighted by Crippen LogP contribution is 2.12. The summed E-state index contributed by atoms with van der Waals surface area (Å²) in [7, 11) is 0. The van der Waals surface area contributed by atoms with Crippen LogP contribution in [-0.4, -0.2) is 18.1 Å². The van der Waals surface area contributed by atoms with Crippen LogP contribution in [0, 0.1) is 3.57 Å². The van der Waals surface area contributed by atoms with E-state index >= 15 is 0 Å². The average Bonchev–Trinajstić information content (AvgIpc) is 2.24. The van der Waals surface area contributed by atoms with Crippen molar-refractivity contribution in [3.63, 3.8) is 0 Å². The van der Waals surface area contributed by atoms with Gasteiger partial charge in [0.15, 0.2) is 0 Å². The third kappa shape index (κ3) is 6.83. The highest BCUT2D eigenvalue weighted by molar-refractivity contribution is 14.1. The summed E-state index contributed by atoms with van der Waals surface area (Å²) in [6.45, 7) is 6.43. The topological polar surface area (TPSA) is 38.3 Å². The van der Waals surface area contributed by atoms with E-state index in [1.807, 2.05) is 32.9 Å². The Morgan fingerprint density at radius 3 is 2.44 bits per heavy atom. The molecular formula is C14H20INO2. The molecule has 0 aromatic heterocycles. The number of halogens is 1. The first-order valence-electron chi connectivity index (χ1n) is 6.08. The van der Waals surface area contributed by atoms with E-state index in [1.165, 1.54) is 3.57 Å². The highest BCUT2D eigenvalue weighted by Gasteiger charge is 2.15. The van der Waals surface area contributed by atoms with Crippen LogP contribution in [0.25, 0.3) is 0 Å². The van der Waals surface area contributed by atoms with Crippen molar-refractivity contribution in [1.29, 1.82) is 0 Å². The Morgan fingerprint density at radius 1 is 1.28 bits per heavy atom. The Kier molecular flexibility index (Phi) is 5.91. The molecule has 1 aromatic carbocycles. The minimum atomic E-state index is -0.388. The summed E-state index contributed by atoms with van der Waals surface area (Å²) >= 11 is 2.27. The quantitative estimate of drug-likeness (QED) is 0.492. The fourth-order valence-corrected chi connectivity index (χ4v) is 1.79. The van der Waals surface area contributed by atoms with Crippen LogP contribution in [-0.2, 0) is 9.53 Å². The van der Waals surface area contributed by atoms with Gasteiger partial charge in [0.05, 0.1) is 0 Å². The summed E-state index contributed by atoms with van der Waals surface area (Å²) in [6, 6.07) is 8.18. The predicted molar refractivity (Wildman–Crippen MR) is 82.7 cm³/mol. The van der Waals surface area contributed by atoms with Crippen molar-refractivity contribution >= 4 is 34.2 Å². The lowest BCUT2D eigenvalue weighted by Gasteiger charge is -2.19. The van der Waals surface area contributed by atoms with Crippen LogP contribution in [0.15, 0.2) is 24.3 Å². The second-order valence-corrected chi connectivity index (χ2v) is 6.37. The molecule has 100 valence electrons. The third-order valence-corrected chi connectivity index (χ3v) is 2.87. The molecule has 0 aliphatic heterocycles. The number of ether oxygens (including phenoxy) is 1. The number of rotatable bonds is 5. The van der Waals surface area contributed by atoms with Gasteiger partial charge < -0.3 is 10.1 Å². The van der Waals surface area contributed by atoms with E-state index in [1.54, 1.807) is 0 Å². The van der Waals surface area contributed by atoms with Gasteiger partial charge in [-0.05, 0) is 74.0 Å². The molecule has 0 fully saturated rings. The average molecular weight is 361 g/mol. The van der Waals surface area contributed by atoms with Gasteiger partial charge in [-0.15, -0.1) is 0 Å². The third-order valence-electron chi connectivity index (χ3n) is 2.15. The van der Waals surface area contributed by atoms with Crippen molar-refractivity contribution in [3.8, 4) is 0 Å². The summed E-state index contributed by atoms with van der Waals surface area (Å²) in [5.41, 5.74) is 0.695. The lowest BCUT2D eigenvalue weighted by Crippen LogP contribution is -2.24. The van der Waals surface area contributed by atoms with Gasteiger partial charge in [-0.3, -0.25) is 4.79 Å². The summed E-state index contributed by atoms with van der Waals surface area (Å²) in [4.78, 5) is 11.5. The van der Waals surface area contributed by atoms with Crippen LogP contribution in [0.5, 0.6) is 0 Å². The van der Waals surface area contributed by atoms with E-state index in [2.05, 4.69) is 40.0 Å². The van der Waals surface area contributed by atoms with E-state index in [9.17, 15) is 4.79 Å². The molecule has 1 N–H and O–H groups in total. The van der Waals surface area contributed by atoms with Gasteiger partial charge in [-0.1, -0.05) is 0 Å². The molecule has 0 aliphatic carbocycles. The Morgan fingerprint density at radius 2 is 1.89 bits per heavy atom. The van der Waals surface area contributed by atoms with Gasteiger partial charge >= 0.3 is 5.97 Å². The van der Waals surface area contributed by atoms with Gasteiger partial charge in [0.2, 0.25) is 0 Å². The Bertz CT molecular complexity index is 382. The zero-order chi connectivity index (χ0) is 13.6. The first-order chi connectivity index (χ1) is 8.37. The number of esters is 1. The van der Waals surface area contributed by atoms with Gasteiger partial charge in [-0.25, -0.2) is 0 Å². The maximum atomic E-state index is 11.5. The van der Waals surface area contributed by atoms with Crippen LogP contribution in [0.3, 0.4) is 0 Å². The molecule has 1 rings (SSSR count). The van der Waals surface area contributed by atoms with E-state index in [0.29, 0.717) is 6.42 Å². The van der Waals surface area contributed by atoms with Crippen molar-refractivity contribution in [2.75, 3.05) is 11.9 Å². The number of nitrogens with one attached hydrogen (secondary N) is 1. The number of anilines is 1. The largest absolute Gasteiger partial charge is 0.460 e. The maximum absolute atomic E-state index is 11.5. The van der Waals surface area contributed by atoms with E-state index in [4.69, 9.17) is 4.74 Å². The zero-order valence-electron chi connectivity index (χ0n) is 11.1. The molecule has 0 bridgehead atoms. The fourth-order valence-electron chi connectivity index (χ4n) is 1.43. The summed E-state index contributed by atoms with van der Waals surface area (Å²) < 4.78 is 6.45. The molecule has 0 saturated carbocycles. The van der Waals surface area contributed by atoms with Crippen LogP contribution in [0.2, 0.25) is 0 Å². The van der Waals surface area contributed by atoms with Crippen LogP contribution < -0.4 is 5.32 Å². The molecule has 0 unspecified atom stereocenters. The van der Waals surface area contributed by atoms with Crippen molar-refractivity contribution in [1.82, 2.24) is 0 Å². The van der Waals surface area contributed by atoms with Crippen molar-refractivity contribution in [2.24, 2.45) is 0 Å². The van der Waals surface area contributed by atoms with Crippen molar-refractivity contribution in [2.45, 2.75) is 39.2 Å². The van der Waals surface area contributed by atoms with E-state index < -0.39 is 0 Å². The number of benzene rings is 1. The van der Waals surface area contributed by atoms with Gasteiger partial charge in [-0.2, -0.15) is 0 Å². The molecular weight excluding hydrogens is 341 g/mol. The van der Waals surface area contributed by atoms with Gasteiger partial charge in [0.1, 0.15) is 5.60 Å². The molecule has 0 aliphatic rings. The van der Waals surface area contributed by atoms with Crippen molar-refractivity contribution < 1.29 is 9.53 Å². The number of carbonyl (C=O) groups excluding carboxylic acids is 1. The summed E-state index contributed by atoms with van der Waals surface area (Å²) in [6.07, 6.45) is 1.23. The SMILES string of the molecule is CC(C)(C)OC(=O)CCCNc1ccc(I)cc1. The second kappa shape index (κ2) is 6.97. The van der Waals surface area contributed by atoms with Gasteiger partial charge in [0, 0.05) is 22.2 Å². The molecule has 0 atom stereocenters. The fraction of sp³-hybridized carbons (Fsp3) is 0.500. The lowest BCUT2D eigenvalue weighted by atomic mass is 10.2. The Hall–Kier alpha value is -0.780. The normalized spacial score (nSPS) is 11.1. The second-order valence-electron chi connectivity index (χ2n) is 5.12. The van der Waals surface area contributed by atoms with E-state index in [0.717, 1.165) is 18.7 Å². The first kappa shape index (κ1) is 15.3. The molecule has 0 amide bonds. The lowest BCUT2D eigenvalue weighted by molar-refractivity contribution is -0.154. The minimum absolute atomic E-state index is 0.132. The summed E-state index contributed by atoms with van der Waals surface area (Å²) in [5.74, 6) is -0.132. The Balaban J connectivity index is 2.19. The van der Waals surface area contributed by atoms with Crippen LogP contribution in [0.4, 0.5) is 5.69 Å². The van der Waals surface area contributed by atoms with Crippen molar-refractivity contribution in [3.05, 3.63) is 27.8 Å². The zero-order valence-corrected chi connectivity index (χ0v) is 13.3. The highest BCUT2D eigenvalue weighted by atomic mass is 127. The monoisotopic (exact) mass is 361 g/mol. The molecule has 0 spiro atoms. The standard InChI is InChI=1S/C14H20INO2/c1-14(2,3)18-13(17)5-4-10-16-12-8-6-11(15)7-9-12/h6-9,16H,4-5,10H2,1-3H3. The number of carbonyl (C=O) groups is 1. The van der Waals surface area contributed by atoms with Crippen LogP contribution in [0.1, 0.15) is 33.6 Å². The number of hydrogen-bond acceptors (Lipinski definition) is 3. The van der Waals surface area contributed by atoms with Crippen LogP contribution >= 0.6 is 22.6 Å². The molecule has 0 saturated heterocycles. The molecule has 0 radical (unpaired) electrons. The maximum Gasteiger partial charge on any atom is 0.306 e. The Labute approximate surface area is 122 Å². The molecule has 18 heavy (non-hydrogen) atoms. The number of hydrogen-bond donors (Lipinski definition) is 1. The molecule has 4 heteroatoms. The minimum Gasteiger partial charge on any atom is -0.460 e. The molecule has 3 nitrogen and oxygen atoms in total. The van der Waals surface area contributed by atoms with E-state index in [-0.39, 0.29) is 11.6 Å². The molecule has 0 heterocycles. The molecule has 1 aromatic rings. The smallest absolute Gasteiger partial charge is 0.306 e. The van der Waals surface area contributed by atoms with Gasteiger partial charge in [0.25, 0.3) is 0 Å². The summed E-state index contributed by atoms with van der Waals surface area (Å²) in [5, 5.41) is 3.28.